The molecule has 0 unspecified atom stereocenters. The maximum Gasteiger partial charge on any atom is 0.240 e. The van der Waals surface area contributed by atoms with E-state index in [2.05, 4.69) is 34.2 Å². The third kappa shape index (κ3) is 4.39. The summed E-state index contributed by atoms with van der Waals surface area (Å²) in [4.78, 5) is 7.38. The fourth-order valence-corrected chi connectivity index (χ4v) is 6.05. The van der Waals surface area contributed by atoms with E-state index in [1.807, 2.05) is 43.3 Å². The van der Waals surface area contributed by atoms with E-state index in [1.165, 1.54) is 0 Å². The first kappa shape index (κ1) is 25.6. The molecule has 11 heteroatoms. The highest BCUT2D eigenvalue weighted by molar-refractivity contribution is 5.93. The molecule has 0 saturated carbocycles. The van der Waals surface area contributed by atoms with Crippen molar-refractivity contribution in [3.8, 4) is 23.0 Å². The van der Waals surface area contributed by atoms with Crippen molar-refractivity contribution < 1.29 is 14.6 Å². The second kappa shape index (κ2) is 10.1. The average Bonchev–Trinajstić information content (AvgIpc) is 3.65. The number of hydrogen-bond acceptors (Lipinski definition) is 8. The lowest BCUT2D eigenvalue weighted by Gasteiger charge is -2.30. The number of aromatic amines is 1. The molecule has 39 heavy (non-hydrogen) atoms. The third-order valence-corrected chi connectivity index (χ3v) is 7.85. The fourth-order valence-electron chi connectivity index (χ4n) is 6.05. The van der Waals surface area contributed by atoms with Gasteiger partial charge in [0.2, 0.25) is 11.8 Å². The molecule has 0 spiro atoms. The van der Waals surface area contributed by atoms with Crippen molar-refractivity contribution in [2.24, 2.45) is 7.05 Å². The van der Waals surface area contributed by atoms with E-state index in [0.717, 1.165) is 75.8 Å². The Morgan fingerprint density at radius 1 is 1.21 bits per heavy atom. The van der Waals surface area contributed by atoms with Gasteiger partial charge in [-0.15, -0.1) is 5.10 Å². The molecule has 0 aliphatic carbocycles. The SMILES string of the molecule is CCOc1nn(CCO)c2c1/C=C/c1[nH]nc3c(C)nc(cc13)-c1c(C)nn(C)c1O[C@H](C)[C@H]1CCCN1C2. The fraction of sp³-hybridized carbons (Fsp3) is 0.500. The van der Waals surface area contributed by atoms with Crippen LogP contribution in [0.25, 0.3) is 34.3 Å². The molecule has 2 atom stereocenters. The molecule has 0 radical (unpaired) electrons. The van der Waals surface area contributed by atoms with Gasteiger partial charge in [-0.3, -0.25) is 19.7 Å². The van der Waals surface area contributed by atoms with Crippen LogP contribution in [0.2, 0.25) is 0 Å². The number of pyridine rings is 1. The van der Waals surface area contributed by atoms with Crippen molar-refractivity contribution in [1.82, 2.24) is 39.6 Å². The van der Waals surface area contributed by atoms with Crippen molar-refractivity contribution in [2.45, 2.75) is 65.8 Å². The minimum absolute atomic E-state index is 0.00476. The number of aliphatic hydroxyl groups is 1. The Bertz CT molecular complexity index is 1550. The van der Waals surface area contributed by atoms with Gasteiger partial charge >= 0.3 is 0 Å². The van der Waals surface area contributed by atoms with Gasteiger partial charge in [0, 0.05) is 25.0 Å². The summed E-state index contributed by atoms with van der Waals surface area (Å²) in [5.74, 6) is 1.29. The highest BCUT2D eigenvalue weighted by atomic mass is 16.5. The predicted molar refractivity (Wildman–Crippen MR) is 148 cm³/mol. The highest BCUT2D eigenvalue weighted by Gasteiger charge is 2.34. The molecule has 0 aromatic carbocycles. The smallest absolute Gasteiger partial charge is 0.240 e. The minimum atomic E-state index is -0.0833. The number of hydrogen-bond donors (Lipinski definition) is 2. The summed E-state index contributed by atoms with van der Waals surface area (Å²) in [5.41, 5.74) is 7.04. The lowest BCUT2D eigenvalue weighted by molar-refractivity contribution is 0.0920. The van der Waals surface area contributed by atoms with E-state index in [-0.39, 0.29) is 18.8 Å². The first-order chi connectivity index (χ1) is 18.9. The number of nitrogens with one attached hydrogen (secondary N) is 1. The van der Waals surface area contributed by atoms with Crippen LogP contribution in [-0.4, -0.2) is 76.7 Å². The van der Waals surface area contributed by atoms with Crippen molar-refractivity contribution in [1.29, 1.82) is 0 Å². The van der Waals surface area contributed by atoms with Gasteiger partial charge < -0.3 is 14.6 Å². The molecule has 11 nitrogen and oxygen atoms in total. The van der Waals surface area contributed by atoms with Crippen LogP contribution in [0.1, 0.15) is 55.0 Å². The number of fused-ring (bicyclic) bond motifs is 5. The predicted octanol–water partition coefficient (Wildman–Crippen LogP) is 3.48. The molecular formula is C28H36N8O3. The number of nitrogens with zero attached hydrogens (tertiary/aromatic N) is 7. The van der Waals surface area contributed by atoms with Crippen LogP contribution in [-0.2, 0) is 20.1 Å². The molecule has 1 saturated heterocycles. The van der Waals surface area contributed by atoms with Crippen LogP contribution in [0.3, 0.4) is 0 Å². The van der Waals surface area contributed by atoms with Gasteiger partial charge in [-0.2, -0.15) is 10.2 Å². The first-order valence-corrected chi connectivity index (χ1v) is 13.7. The number of aromatic nitrogens is 7. The molecule has 2 aliphatic rings. The van der Waals surface area contributed by atoms with Gasteiger partial charge in [-0.05, 0) is 65.3 Å². The van der Waals surface area contributed by atoms with Gasteiger partial charge in [0.1, 0.15) is 11.6 Å². The van der Waals surface area contributed by atoms with E-state index >= 15 is 0 Å². The largest absolute Gasteiger partial charge is 0.476 e. The Hall–Kier alpha value is -3.70. The normalized spacial score (nSPS) is 20.3. The standard InChI is InChI=1S/C28H36N8O3/c1-6-38-27-19-9-10-21-20-14-22(29-17(3)26(20)31-30-21)25-16(2)32-34(5)28(25)39-18(4)23-8-7-11-35(23)15-24(19)36(33-27)12-13-37/h9-10,14,18,23,37H,6-8,11-13,15H2,1-5H3,(H,30,31)/b10-9+/t18-,23-/m1/s1. The topological polar surface area (TPSA) is 119 Å². The number of aliphatic hydroxyl groups excluding tert-OH is 1. The van der Waals surface area contributed by atoms with Crippen LogP contribution in [0.5, 0.6) is 11.8 Å². The summed E-state index contributed by atoms with van der Waals surface area (Å²) in [6.07, 6.45) is 6.11. The molecule has 0 amide bonds. The molecule has 4 aromatic rings. The number of rotatable bonds is 4. The zero-order valence-corrected chi connectivity index (χ0v) is 23.2. The Labute approximate surface area is 227 Å². The van der Waals surface area contributed by atoms with E-state index in [9.17, 15) is 5.11 Å². The van der Waals surface area contributed by atoms with Gasteiger partial charge in [-0.25, -0.2) is 4.68 Å². The first-order valence-electron chi connectivity index (χ1n) is 13.7. The molecule has 2 bridgehead atoms. The van der Waals surface area contributed by atoms with Crippen molar-refractivity contribution >= 4 is 23.1 Å². The van der Waals surface area contributed by atoms with Gasteiger partial charge in [-0.1, -0.05) is 0 Å². The van der Waals surface area contributed by atoms with Crippen molar-refractivity contribution in [3.63, 3.8) is 0 Å². The Morgan fingerprint density at radius 2 is 2.05 bits per heavy atom. The lowest BCUT2D eigenvalue weighted by Crippen LogP contribution is -2.41. The molecule has 4 aromatic heterocycles. The van der Waals surface area contributed by atoms with E-state index in [1.54, 1.807) is 0 Å². The van der Waals surface area contributed by atoms with Crippen LogP contribution in [0.4, 0.5) is 0 Å². The summed E-state index contributed by atoms with van der Waals surface area (Å²) in [7, 11) is 1.92. The number of ether oxygens (including phenoxy) is 2. The van der Waals surface area contributed by atoms with Gasteiger partial charge in [0.05, 0.1) is 59.4 Å². The lowest BCUT2D eigenvalue weighted by atomic mass is 10.1. The molecule has 1 fully saturated rings. The van der Waals surface area contributed by atoms with Gasteiger partial charge in [0.25, 0.3) is 0 Å². The van der Waals surface area contributed by atoms with Gasteiger partial charge in [0.15, 0.2) is 0 Å². The maximum atomic E-state index is 9.82. The quantitative estimate of drug-likeness (QED) is 0.410. The van der Waals surface area contributed by atoms with Crippen LogP contribution in [0, 0.1) is 13.8 Å². The molecule has 2 aliphatic heterocycles. The summed E-state index contributed by atoms with van der Waals surface area (Å²) in [6, 6.07) is 2.27. The molecule has 2 N–H and O–H groups in total. The second-order valence-corrected chi connectivity index (χ2v) is 10.4. The van der Waals surface area contributed by atoms with E-state index in [0.29, 0.717) is 25.6 Å². The number of H-pyrrole nitrogens is 1. The zero-order valence-electron chi connectivity index (χ0n) is 23.2. The summed E-state index contributed by atoms with van der Waals surface area (Å²) >= 11 is 0. The maximum absolute atomic E-state index is 9.82. The van der Waals surface area contributed by atoms with Crippen LogP contribution in [0.15, 0.2) is 6.07 Å². The third-order valence-electron chi connectivity index (χ3n) is 7.85. The van der Waals surface area contributed by atoms with E-state index in [4.69, 9.17) is 24.7 Å². The highest BCUT2D eigenvalue weighted by Crippen LogP contribution is 2.37. The zero-order chi connectivity index (χ0) is 27.3. The average molecular weight is 533 g/mol. The Balaban J connectivity index is 1.59. The molecule has 206 valence electrons. The summed E-state index contributed by atoms with van der Waals surface area (Å²) < 4.78 is 16.4. The Kier molecular flexibility index (Phi) is 6.64. The molecule has 6 rings (SSSR count). The van der Waals surface area contributed by atoms with Crippen molar-refractivity contribution in [3.05, 3.63) is 34.4 Å². The van der Waals surface area contributed by atoms with Crippen LogP contribution >= 0.6 is 0 Å². The monoisotopic (exact) mass is 532 g/mol. The Morgan fingerprint density at radius 3 is 2.85 bits per heavy atom. The van der Waals surface area contributed by atoms with Crippen molar-refractivity contribution in [2.75, 3.05) is 19.8 Å². The van der Waals surface area contributed by atoms with Crippen LogP contribution < -0.4 is 9.47 Å². The minimum Gasteiger partial charge on any atom is -0.476 e. The summed E-state index contributed by atoms with van der Waals surface area (Å²) in [5, 5.41) is 28.0. The van der Waals surface area contributed by atoms with E-state index < -0.39 is 0 Å². The second-order valence-electron chi connectivity index (χ2n) is 10.4. The molecular weight excluding hydrogens is 496 g/mol. The number of aryl methyl sites for hydroxylation is 3. The summed E-state index contributed by atoms with van der Waals surface area (Å²) in [6.45, 7) is 10.6. The molecule has 6 heterocycles.